The predicted molar refractivity (Wildman–Crippen MR) is 60.3 cm³/mol. The first-order valence-electron chi connectivity index (χ1n) is 4.75. The largest absolute Gasteiger partial charge is 0.435 e. The molecule has 0 radical (unpaired) electrons. The highest BCUT2D eigenvalue weighted by molar-refractivity contribution is 9.08. The van der Waals surface area contributed by atoms with Crippen molar-refractivity contribution < 1.29 is 18.3 Å². The third-order valence-electron chi connectivity index (χ3n) is 2.07. The molecule has 1 rings (SSSR count). The summed E-state index contributed by atoms with van der Waals surface area (Å²) in [5.41, 5.74) is 1.20. The zero-order chi connectivity index (χ0) is 12.1. The van der Waals surface area contributed by atoms with E-state index in [0.717, 1.165) is 0 Å². The summed E-state index contributed by atoms with van der Waals surface area (Å²) in [5, 5.41) is 0.425. The molecular formula is C11H11BrF2O2. The van der Waals surface area contributed by atoms with Crippen LogP contribution in [-0.2, 0) is 5.33 Å². The Labute approximate surface area is 101 Å². The number of halogens is 3. The van der Waals surface area contributed by atoms with Crippen LogP contribution >= 0.6 is 15.9 Å². The number of hydrogen-bond acceptors (Lipinski definition) is 2. The number of benzene rings is 1. The molecule has 0 spiro atoms. The average Bonchev–Trinajstić information content (AvgIpc) is 2.27. The van der Waals surface area contributed by atoms with Crippen LogP contribution in [0.25, 0.3) is 0 Å². The summed E-state index contributed by atoms with van der Waals surface area (Å²) in [5.74, 6) is 0.0511. The zero-order valence-electron chi connectivity index (χ0n) is 8.67. The highest BCUT2D eigenvalue weighted by Gasteiger charge is 2.11. The van der Waals surface area contributed by atoms with E-state index >= 15 is 0 Å². The van der Waals surface area contributed by atoms with Crippen LogP contribution in [0.15, 0.2) is 18.2 Å². The molecule has 0 amide bonds. The minimum absolute atomic E-state index is 0.0157. The van der Waals surface area contributed by atoms with Gasteiger partial charge in [-0.25, -0.2) is 0 Å². The third kappa shape index (κ3) is 3.27. The lowest BCUT2D eigenvalue weighted by atomic mass is 10.0. The lowest BCUT2D eigenvalue weighted by molar-refractivity contribution is -0.0498. The number of rotatable bonds is 5. The Morgan fingerprint density at radius 1 is 1.50 bits per heavy atom. The summed E-state index contributed by atoms with van der Waals surface area (Å²) in [4.78, 5) is 11.5. The molecule has 0 saturated carbocycles. The van der Waals surface area contributed by atoms with Crippen LogP contribution in [0.1, 0.15) is 29.3 Å². The molecule has 0 bridgehead atoms. The second kappa shape index (κ2) is 5.94. The van der Waals surface area contributed by atoms with Crippen molar-refractivity contribution >= 4 is 21.7 Å². The number of carbonyl (C=O) groups excluding carboxylic acids is 1. The molecule has 1 aromatic rings. The fourth-order valence-corrected chi connectivity index (χ4v) is 1.78. The maximum Gasteiger partial charge on any atom is 0.387 e. The van der Waals surface area contributed by atoms with Crippen molar-refractivity contribution in [3.8, 4) is 5.75 Å². The molecule has 2 nitrogen and oxygen atoms in total. The van der Waals surface area contributed by atoms with Crippen molar-refractivity contribution in [2.75, 3.05) is 0 Å². The smallest absolute Gasteiger partial charge is 0.387 e. The molecule has 0 aromatic heterocycles. The van der Waals surface area contributed by atoms with Gasteiger partial charge in [0.1, 0.15) is 5.75 Å². The Kier molecular flexibility index (Phi) is 4.86. The Balaban J connectivity index is 3.01. The highest BCUT2D eigenvalue weighted by Crippen LogP contribution is 2.22. The molecular weight excluding hydrogens is 282 g/mol. The van der Waals surface area contributed by atoms with Gasteiger partial charge in [-0.3, -0.25) is 4.79 Å². The Hall–Kier alpha value is -0.970. The van der Waals surface area contributed by atoms with Gasteiger partial charge in [-0.15, -0.1) is 0 Å². The molecule has 0 N–H and O–H groups in total. The van der Waals surface area contributed by atoms with Gasteiger partial charge >= 0.3 is 6.61 Å². The number of alkyl halides is 3. The SMILES string of the molecule is CCC(=O)c1ccc(OC(F)F)cc1CBr. The van der Waals surface area contributed by atoms with E-state index in [0.29, 0.717) is 22.9 Å². The number of Topliss-reactive ketones (excluding diaryl/α,β-unsaturated/α-hetero) is 1. The van der Waals surface area contributed by atoms with Gasteiger partial charge in [-0.05, 0) is 23.8 Å². The molecule has 0 saturated heterocycles. The fraction of sp³-hybridized carbons (Fsp3) is 0.364. The highest BCUT2D eigenvalue weighted by atomic mass is 79.9. The summed E-state index contributed by atoms with van der Waals surface area (Å²) >= 11 is 3.21. The van der Waals surface area contributed by atoms with Crippen LogP contribution in [0.2, 0.25) is 0 Å². The van der Waals surface area contributed by atoms with E-state index in [4.69, 9.17) is 0 Å². The van der Waals surface area contributed by atoms with Gasteiger partial charge in [-0.2, -0.15) is 8.78 Å². The summed E-state index contributed by atoms with van der Waals surface area (Å²) in [6.07, 6.45) is 0.384. The van der Waals surface area contributed by atoms with E-state index < -0.39 is 6.61 Å². The van der Waals surface area contributed by atoms with Gasteiger partial charge in [0, 0.05) is 17.3 Å². The third-order valence-corrected chi connectivity index (χ3v) is 2.67. The first-order valence-corrected chi connectivity index (χ1v) is 5.87. The molecule has 0 fully saturated rings. The molecule has 0 aliphatic rings. The molecule has 1 aromatic carbocycles. The lowest BCUT2D eigenvalue weighted by Gasteiger charge is -2.09. The lowest BCUT2D eigenvalue weighted by Crippen LogP contribution is -2.05. The molecule has 0 heterocycles. The molecule has 5 heteroatoms. The molecule has 0 aliphatic heterocycles. The minimum Gasteiger partial charge on any atom is -0.435 e. The quantitative estimate of drug-likeness (QED) is 0.610. The first-order chi connectivity index (χ1) is 7.58. The van der Waals surface area contributed by atoms with E-state index in [1.807, 2.05) is 0 Å². The summed E-state index contributed by atoms with van der Waals surface area (Å²) in [6.45, 7) is -1.10. The van der Waals surface area contributed by atoms with Crippen molar-refractivity contribution in [2.24, 2.45) is 0 Å². The molecule has 16 heavy (non-hydrogen) atoms. The van der Waals surface area contributed by atoms with Gasteiger partial charge in [0.2, 0.25) is 0 Å². The maximum atomic E-state index is 12.0. The monoisotopic (exact) mass is 292 g/mol. The van der Waals surface area contributed by atoms with Gasteiger partial charge in [0.15, 0.2) is 5.78 Å². The Morgan fingerprint density at radius 2 is 2.19 bits per heavy atom. The van der Waals surface area contributed by atoms with E-state index in [1.54, 1.807) is 6.92 Å². The average molecular weight is 293 g/mol. The van der Waals surface area contributed by atoms with E-state index in [2.05, 4.69) is 20.7 Å². The number of hydrogen-bond donors (Lipinski definition) is 0. The van der Waals surface area contributed by atoms with Crippen molar-refractivity contribution in [1.82, 2.24) is 0 Å². The maximum absolute atomic E-state index is 12.0. The molecule has 0 aliphatic carbocycles. The van der Waals surface area contributed by atoms with E-state index in [-0.39, 0.29) is 11.5 Å². The van der Waals surface area contributed by atoms with Crippen LogP contribution in [0.5, 0.6) is 5.75 Å². The molecule has 0 atom stereocenters. The van der Waals surface area contributed by atoms with Gasteiger partial charge in [0.05, 0.1) is 0 Å². The summed E-state index contributed by atoms with van der Waals surface area (Å²) in [7, 11) is 0. The fourth-order valence-electron chi connectivity index (χ4n) is 1.32. The van der Waals surface area contributed by atoms with Crippen molar-refractivity contribution in [2.45, 2.75) is 25.3 Å². The zero-order valence-corrected chi connectivity index (χ0v) is 10.3. The molecule has 88 valence electrons. The topological polar surface area (TPSA) is 26.3 Å². The summed E-state index contributed by atoms with van der Waals surface area (Å²) in [6, 6.07) is 4.34. The number of ether oxygens (including phenoxy) is 1. The van der Waals surface area contributed by atoms with Gasteiger partial charge in [-0.1, -0.05) is 22.9 Å². The van der Waals surface area contributed by atoms with Crippen LogP contribution in [-0.4, -0.2) is 12.4 Å². The van der Waals surface area contributed by atoms with Crippen LogP contribution in [0, 0.1) is 0 Å². The minimum atomic E-state index is -2.85. The molecule has 0 unspecified atom stereocenters. The number of ketones is 1. The predicted octanol–water partition coefficient (Wildman–Crippen LogP) is 3.78. The standard InChI is InChI=1S/C11H11BrF2O2/c1-2-10(15)9-4-3-8(16-11(13)14)5-7(9)6-12/h3-5,11H,2,6H2,1H3. The van der Waals surface area contributed by atoms with Gasteiger partial charge in [0.25, 0.3) is 0 Å². The van der Waals surface area contributed by atoms with Crippen LogP contribution in [0.4, 0.5) is 8.78 Å². The van der Waals surface area contributed by atoms with E-state index in [1.165, 1.54) is 18.2 Å². The second-order valence-corrected chi connectivity index (χ2v) is 3.67. The van der Waals surface area contributed by atoms with Crippen LogP contribution in [0.3, 0.4) is 0 Å². The van der Waals surface area contributed by atoms with Gasteiger partial charge < -0.3 is 4.74 Å². The van der Waals surface area contributed by atoms with Crippen LogP contribution < -0.4 is 4.74 Å². The van der Waals surface area contributed by atoms with Crippen molar-refractivity contribution in [1.29, 1.82) is 0 Å². The second-order valence-electron chi connectivity index (χ2n) is 3.11. The normalized spacial score (nSPS) is 10.6. The Bertz CT molecular complexity index is 380. The van der Waals surface area contributed by atoms with Crippen molar-refractivity contribution in [3.63, 3.8) is 0 Å². The Morgan fingerprint density at radius 3 is 2.69 bits per heavy atom. The van der Waals surface area contributed by atoms with Crippen molar-refractivity contribution in [3.05, 3.63) is 29.3 Å². The van der Waals surface area contributed by atoms with E-state index in [9.17, 15) is 13.6 Å². The number of carbonyl (C=O) groups is 1. The summed E-state index contributed by atoms with van der Waals surface area (Å²) < 4.78 is 28.2. The first kappa shape index (κ1) is 13.1.